The van der Waals surface area contributed by atoms with Gasteiger partial charge in [0.25, 0.3) is 0 Å². The summed E-state index contributed by atoms with van der Waals surface area (Å²) in [5, 5.41) is 11.8. The Morgan fingerprint density at radius 1 is 1.42 bits per heavy atom. The first-order valence-corrected chi connectivity index (χ1v) is 6.52. The lowest BCUT2D eigenvalue weighted by Crippen LogP contribution is -2.42. The maximum Gasteiger partial charge on any atom is 0.234 e. The van der Waals surface area contributed by atoms with Crippen molar-refractivity contribution < 1.29 is 14.6 Å². The molecule has 106 valence electrons. The molecule has 1 aromatic rings. The van der Waals surface area contributed by atoms with Crippen LogP contribution in [0.2, 0.25) is 0 Å². The molecule has 1 amide bonds. The number of nitrogens with two attached hydrogens (primary N) is 1. The predicted molar refractivity (Wildman–Crippen MR) is 74.0 cm³/mol. The number of nitrogens with one attached hydrogen (secondary N) is 1. The molecule has 0 saturated heterocycles. The summed E-state index contributed by atoms with van der Waals surface area (Å²) in [5.74, 6) is 0.394. The number of carbonyl (C=O) groups is 1. The summed E-state index contributed by atoms with van der Waals surface area (Å²) in [5.41, 5.74) is 6.34. The van der Waals surface area contributed by atoms with Crippen molar-refractivity contribution in [3.05, 3.63) is 29.8 Å². The topological polar surface area (TPSA) is 84.6 Å². The molecule has 5 nitrogen and oxygen atoms in total. The fourth-order valence-electron chi connectivity index (χ4n) is 1.77. The van der Waals surface area contributed by atoms with Crippen LogP contribution in [0.15, 0.2) is 24.3 Å². The fraction of sp³-hybridized carbons (Fsp3) is 0.500. The van der Waals surface area contributed by atoms with E-state index >= 15 is 0 Å². The SMILES string of the molecule is CCNC(CCOc1ccc(CCO)cc1)C(N)=O. The highest BCUT2D eigenvalue weighted by molar-refractivity contribution is 5.79. The van der Waals surface area contributed by atoms with Gasteiger partial charge in [-0.15, -0.1) is 0 Å². The second-order valence-electron chi connectivity index (χ2n) is 4.27. The smallest absolute Gasteiger partial charge is 0.234 e. The van der Waals surface area contributed by atoms with E-state index in [1.807, 2.05) is 31.2 Å². The van der Waals surface area contributed by atoms with Gasteiger partial charge in [-0.2, -0.15) is 0 Å². The summed E-state index contributed by atoms with van der Waals surface area (Å²) in [6.45, 7) is 3.20. The van der Waals surface area contributed by atoms with Gasteiger partial charge in [-0.3, -0.25) is 4.79 Å². The van der Waals surface area contributed by atoms with E-state index in [1.165, 1.54) is 0 Å². The number of aliphatic hydroxyl groups is 1. The van der Waals surface area contributed by atoms with Crippen LogP contribution in [0.25, 0.3) is 0 Å². The van der Waals surface area contributed by atoms with Crippen LogP contribution in [-0.2, 0) is 11.2 Å². The minimum atomic E-state index is -0.358. The zero-order chi connectivity index (χ0) is 14.1. The van der Waals surface area contributed by atoms with Crippen molar-refractivity contribution in [1.82, 2.24) is 5.32 Å². The molecule has 1 aromatic carbocycles. The van der Waals surface area contributed by atoms with Gasteiger partial charge in [0.2, 0.25) is 5.91 Å². The molecular formula is C14H22N2O3. The van der Waals surface area contributed by atoms with Crippen molar-refractivity contribution in [3.63, 3.8) is 0 Å². The molecule has 0 fully saturated rings. The molecule has 0 aromatic heterocycles. The molecule has 4 N–H and O–H groups in total. The lowest BCUT2D eigenvalue weighted by Gasteiger charge is -2.14. The monoisotopic (exact) mass is 266 g/mol. The maximum absolute atomic E-state index is 11.1. The summed E-state index contributed by atoms with van der Waals surface area (Å²) in [7, 11) is 0. The zero-order valence-corrected chi connectivity index (χ0v) is 11.3. The molecular weight excluding hydrogens is 244 g/mol. The Hall–Kier alpha value is -1.59. The Labute approximate surface area is 113 Å². The highest BCUT2D eigenvalue weighted by atomic mass is 16.5. The van der Waals surface area contributed by atoms with Crippen molar-refractivity contribution in [1.29, 1.82) is 0 Å². The van der Waals surface area contributed by atoms with Crippen LogP contribution >= 0.6 is 0 Å². The number of rotatable bonds is 9. The van der Waals surface area contributed by atoms with Crippen LogP contribution in [0, 0.1) is 0 Å². The summed E-state index contributed by atoms with van der Waals surface area (Å²) in [6, 6.07) is 7.20. The molecule has 0 bridgehead atoms. The van der Waals surface area contributed by atoms with Gasteiger partial charge in [-0.05, 0) is 30.7 Å². The fourth-order valence-corrected chi connectivity index (χ4v) is 1.77. The first-order valence-electron chi connectivity index (χ1n) is 6.52. The van der Waals surface area contributed by atoms with E-state index in [1.54, 1.807) is 0 Å². The largest absolute Gasteiger partial charge is 0.494 e. The first-order chi connectivity index (χ1) is 9.17. The standard InChI is InChI=1S/C14H22N2O3/c1-2-16-13(14(15)18)8-10-19-12-5-3-11(4-6-12)7-9-17/h3-6,13,16-17H,2,7-10H2,1H3,(H2,15,18). The first kappa shape index (κ1) is 15.5. The van der Waals surface area contributed by atoms with Gasteiger partial charge < -0.3 is 20.9 Å². The molecule has 0 spiro atoms. The van der Waals surface area contributed by atoms with Crippen LogP contribution in [0.5, 0.6) is 5.75 Å². The third-order valence-electron chi connectivity index (χ3n) is 2.79. The Bertz CT molecular complexity index is 379. The number of hydrogen-bond donors (Lipinski definition) is 3. The Kier molecular flexibility index (Phi) is 6.92. The molecule has 5 heteroatoms. The number of carbonyl (C=O) groups excluding carboxylic acids is 1. The highest BCUT2D eigenvalue weighted by Gasteiger charge is 2.13. The number of amides is 1. The summed E-state index contributed by atoms with van der Waals surface area (Å²) in [6.07, 6.45) is 1.19. The molecule has 0 saturated carbocycles. The lowest BCUT2D eigenvalue weighted by molar-refractivity contribution is -0.120. The second-order valence-corrected chi connectivity index (χ2v) is 4.27. The average Bonchev–Trinajstić information content (AvgIpc) is 2.40. The van der Waals surface area contributed by atoms with Crippen LogP contribution in [0.4, 0.5) is 0 Å². The molecule has 19 heavy (non-hydrogen) atoms. The number of hydrogen-bond acceptors (Lipinski definition) is 4. The molecule has 1 atom stereocenters. The van der Waals surface area contributed by atoms with Crippen LogP contribution < -0.4 is 15.8 Å². The number of primary amides is 1. The van der Waals surface area contributed by atoms with Crippen LogP contribution in [0.3, 0.4) is 0 Å². The van der Waals surface area contributed by atoms with E-state index < -0.39 is 0 Å². The molecule has 1 rings (SSSR count). The number of likely N-dealkylation sites (N-methyl/N-ethyl adjacent to an activating group) is 1. The van der Waals surface area contributed by atoms with Crippen molar-refractivity contribution in [2.24, 2.45) is 5.73 Å². The number of ether oxygens (including phenoxy) is 1. The number of benzene rings is 1. The van der Waals surface area contributed by atoms with Crippen molar-refractivity contribution in [3.8, 4) is 5.75 Å². The van der Waals surface area contributed by atoms with E-state index in [2.05, 4.69) is 5.32 Å². The highest BCUT2D eigenvalue weighted by Crippen LogP contribution is 2.13. The Balaban J connectivity index is 2.37. The summed E-state index contributed by atoms with van der Waals surface area (Å²) < 4.78 is 5.56. The van der Waals surface area contributed by atoms with Gasteiger partial charge >= 0.3 is 0 Å². The predicted octanol–water partition coefficient (Wildman–Crippen LogP) is 0.454. The van der Waals surface area contributed by atoms with Gasteiger partial charge in [0, 0.05) is 13.0 Å². The quantitative estimate of drug-likeness (QED) is 0.606. The van der Waals surface area contributed by atoms with Gasteiger partial charge in [0.15, 0.2) is 0 Å². The summed E-state index contributed by atoms with van der Waals surface area (Å²) >= 11 is 0. The second kappa shape index (κ2) is 8.50. The normalized spacial score (nSPS) is 12.1. The Morgan fingerprint density at radius 2 is 2.11 bits per heavy atom. The van der Waals surface area contributed by atoms with Crippen molar-refractivity contribution in [2.75, 3.05) is 19.8 Å². The van der Waals surface area contributed by atoms with Gasteiger partial charge in [0.05, 0.1) is 12.6 Å². The molecule has 0 aliphatic carbocycles. The summed E-state index contributed by atoms with van der Waals surface area (Å²) in [4.78, 5) is 11.1. The lowest BCUT2D eigenvalue weighted by atomic mass is 10.1. The maximum atomic E-state index is 11.1. The molecule has 0 aliphatic heterocycles. The molecule has 0 radical (unpaired) electrons. The van der Waals surface area contributed by atoms with E-state index in [0.29, 0.717) is 26.0 Å². The van der Waals surface area contributed by atoms with E-state index in [9.17, 15) is 4.79 Å². The van der Waals surface area contributed by atoms with Crippen molar-refractivity contribution >= 4 is 5.91 Å². The van der Waals surface area contributed by atoms with E-state index in [-0.39, 0.29) is 18.6 Å². The zero-order valence-electron chi connectivity index (χ0n) is 11.3. The molecule has 0 aliphatic rings. The third-order valence-corrected chi connectivity index (χ3v) is 2.79. The molecule has 0 heterocycles. The Morgan fingerprint density at radius 3 is 2.63 bits per heavy atom. The van der Waals surface area contributed by atoms with Crippen LogP contribution in [-0.4, -0.2) is 36.8 Å². The average molecular weight is 266 g/mol. The van der Waals surface area contributed by atoms with Gasteiger partial charge in [0.1, 0.15) is 5.75 Å². The van der Waals surface area contributed by atoms with Gasteiger partial charge in [-0.25, -0.2) is 0 Å². The minimum Gasteiger partial charge on any atom is -0.494 e. The third kappa shape index (κ3) is 5.72. The van der Waals surface area contributed by atoms with Gasteiger partial charge in [-0.1, -0.05) is 19.1 Å². The molecule has 1 unspecified atom stereocenters. The van der Waals surface area contributed by atoms with E-state index in [4.69, 9.17) is 15.6 Å². The number of aliphatic hydroxyl groups excluding tert-OH is 1. The minimum absolute atomic E-state index is 0.142. The van der Waals surface area contributed by atoms with Crippen molar-refractivity contribution in [2.45, 2.75) is 25.8 Å². The van der Waals surface area contributed by atoms with E-state index in [0.717, 1.165) is 11.3 Å². The van der Waals surface area contributed by atoms with Crippen LogP contribution in [0.1, 0.15) is 18.9 Å².